The quantitative estimate of drug-likeness (QED) is 0.710. The fraction of sp³-hybridized carbons (Fsp3) is 0.188. The van der Waals surface area contributed by atoms with Crippen LogP contribution in [-0.4, -0.2) is 10.8 Å². The van der Waals surface area contributed by atoms with E-state index >= 15 is 0 Å². The van der Waals surface area contributed by atoms with E-state index in [1.807, 2.05) is 25.1 Å². The van der Waals surface area contributed by atoms with Crippen molar-refractivity contribution in [3.63, 3.8) is 0 Å². The number of carbonyl (C=O) groups excluding carboxylic acids is 1. The van der Waals surface area contributed by atoms with E-state index in [-0.39, 0.29) is 11.9 Å². The number of carbonyl (C=O) groups is 1. The molecule has 2 aromatic rings. The molecule has 5 heteroatoms. The number of hydrogen-bond acceptors (Lipinski definition) is 2. The zero-order valence-corrected chi connectivity index (χ0v) is 12.7. The fourth-order valence-electron chi connectivity index (χ4n) is 3.05. The summed E-state index contributed by atoms with van der Waals surface area (Å²) < 4.78 is 6.02. The van der Waals surface area contributed by atoms with Gasteiger partial charge in [0.1, 0.15) is 5.75 Å². The molecule has 2 aliphatic heterocycles. The van der Waals surface area contributed by atoms with Crippen molar-refractivity contribution < 1.29 is 9.53 Å². The molecule has 0 fully saturated rings. The van der Waals surface area contributed by atoms with Crippen molar-refractivity contribution in [3.8, 4) is 5.75 Å². The molecule has 1 amide bonds. The van der Waals surface area contributed by atoms with Crippen molar-refractivity contribution >= 4 is 29.1 Å². The maximum absolute atomic E-state index is 12.6. The third-order valence-electron chi connectivity index (χ3n) is 4.08. The first-order valence-corrected chi connectivity index (χ1v) is 7.40. The molecule has 4 rings (SSSR count). The van der Waals surface area contributed by atoms with Crippen LogP contribution in [-0.2, 0) is 0 Å². The summed E-state index contributed by atoms with van der Waals surface area (Å²) in [6.45, 7) is 1.98. The monoisotopic (exact) mass is 319 g/mol. The second-order valence-electron chi connectivity index (χ2n) is 5.27. The lowest BCUT2D eigenvalue weighted by molar-refractivity contribution is -0.00180. The van der Waals surface area contributed by atoms with E-state index in [1.165, 1.54) is 0 Å². The van der Waals surface area contributed by atoms with Crippen molar-refractivity contribution in [2.24, 2.45) is 0 Å². The van der Waals surface area contributed by atoms with Crippen molar-refractivity contribution in [1.82, 2.24) is 4.90 Å². The molecule has 0 radical (unpaired) electrons. The average Bonchev–Trinajstić information content (AvgIpc) is 2.73. The number of nitrogens with zero attached hydrogens (tertiary/aromatic N) is 1. The van der Waals surface area contributed by atoms with Crippen LogP contribution in [0.25, 0.3) is 0 Å². The molecule has 0 saturated heterocycles. The summed E-state index contributed by atoms with van der Waals surface area (Å²) in [6.07, 6.45) is -0.395. The highest BCUT2D eigenvalue weighted by atomic mass is 35.5. The van der Waals surface area contributed by atoms with Gasteiger partial charge in [-0.05, 0) is 37.3 Å². The number of hydrogen-bond donors (Lipinski definition) is 0. The van der Waals surface area contributed by atoms with Gasteiger partial charge in [0.05, 0.1) is 11.6 Å². The number of rotatable bonds is 0. The van der Waals surface area contributed by atoms with Crippen LogP contribution in [0.2, 0.25) is 10.0 Å². The van der Waals surface area contributed by atoms with Gasteiger partial charge in [0.25, 0.3) is 5.91 Å². The largest absolute Gasteiger partial charge is 0.466 e. The van der Waals surface area contributed by atoms with Crippen LogP contribution < -0.4 is 4.74 Å². The smallest absolute Gasteiger partial charge is 0.258 e. The van der Waals surface area contributed by atoms with E-state index in [0.29, 0.717) is 15.6 Å². The summed E-state index contributed by atoms with van der Waals surface area (Å²) in [5.74, 6) is 0.708. The van der Waals surface area contributed by atoms with Gasteiger partial charge in [-0.15, -0.1) is 0 Å². The van der Waals surface area contributed by atoms with Crippen LogP contribution in [0.4, 0.5) is 0 Å². The third-order valence-corrected chi connectivity index (χ3v) is 4.55. The van der Waals surface area contributed by atoms with Crippen molar-refractivity contribution in [3.05, 3.63) is 63.1 Å². The number of halogens is 2. The number of fused-ring (bicyclic) bond motifs is 4. The van der Waals surface area contributed by atoms with Gasteiger partial charge in [-0.2, -0.15) is 0 Å². The van der Waals surface area contributed by atoms with Gasteiger partial charge in [-0.1, -0.05) is 29.3 Å². The lowest BCUT2D eigenvalue weighted by Gasteiger charge is -2.37. The highest BCUT2D eigenvalue weighted by Gasteiger charge is 2.45. The number of ether oxygens (including phenoxy) is 1. The summed E-state index contributed by atoms with van der Waals surface area (Å²) in [5, 5.41) is 1.19. The average molecular weight is 320 g/mol. The van der Waals surface area contributed by atoms with Crippen LogP contribution in [0.1, 0.15) is 40.7 Å². The van der Waals surface area contributed by atoms with E-state index in [0.717, 1.165) is 16.9 Å². The molecule has 0 unspecified atom stereocenters. The van der Waals surface area contributed by atoms with Gasteiger partial charge in [0.15, 0.2) is 0 Å². The summed E-state index contributed by atoms with van der Waals surface area (Å²) in [5.41, 5.74) is 2.39. The Morgan fingerprint density at radius 2 is 1.76 bits per heavy atom. The summed E-state index contributed by atoms with van der Waals surface area (Å²) in [4.78, 5) is 14.4. The molecule has 0 N–H and O–H groups in total. The van der Waals surface area contributed by atoms with Crippen molar-refractivity contribution in [1.29, 1.82) is 0 Å². The van der Waals surface area contributed by atoms with Crippen molar-refractivity contribution in [2.75, 3.05) is 0 Å². The first kappa shape index (κ1) is 13.0. The molecule has 2 aromatic carbocycles. The molecular weight excluding hydrogens is 309 g/mol. The molecule has 3 nitrogen and oxygen atoms in total. The standard InChI is InChI=1S/C16H11Cl2NO2/c1-8-12-6-10(18)3-5-14(12)21-16-11-4-2-9(17)7-13(11)15(20)19(8)16/h2-8,16H,1H3/t8-,16-/m1/s1. The topological polar surface area (TPSA) is 29.5 Å². The molecule has 2 aliphatic rings. The minimum atomic E-state index is -0.395. The lowest BCUT2D eigenvalue weighted by Crippen LogP contribution is -2.37. The van der Waals surface area contributed by atoms with Gasteiger partial charge in [0.2, 0.25) is 6.23 Å². The molecule has 2 heterocycles. The Hall–Kier alpha value is -1.71. The Morgan fingerprint density at radius 1 is 1.05 bits per heavy atom. The van der Waals surface area contributed by atoms with Crippen LogP contribution in [0, 0.1) is 0 Å². The molecular formula is C16H11Cl2NO2. The summed E-state index contributed by atoms with van der Waals surface area (Å²) in [6, 6.07) is 10.7. The Labute approximate surface area is 132 Å². The molecule has 0 bridgehead atoms. The molecule has 106 valence electrons. The van der Waals surface area contributed by atoms with Crippen LogP contribution >= 0.6 is 23.2 Å². The molecule has 0 saturated carbocycles. The van der Waals surface area contributed by atoms with E-state index in [1.54, 1.807) is 23.1 Å². The van der Waals surface area contributed by atoms with E-state index < -0.39 is 6.23 Å². The van der Waals surface area contributed by atoms with Crippen LogP contribution in [0.5, 0.6) is 5.75 Å². The van der Waals surface area contributed by atoms with Gasteiger partial charge in [-0.25, -0.2) is 0 Å². The van der Waals surface area contributed by atoms with Crippen LogP contribution in [0.15, 0.2) is 36.4 Å². The molecule has 0 aromatic heterocycles. The minimum absolute atomic E-state index is 0.0596. The van der Waals surface area contributed by atoms with E-state index in [4.69, 9.17) is 27.9 Å². The van der Waals surface area contributed by atoms with Gasteiger partial charge in [-0.3, -0.25) is 9.69 Å². The predicted molar refractivity (Wildman–Crippen MR) is 80.9 cm³/mol. The van der Waals surface area contributed by atoms with Crippen LogP contribution in [0.3, 0.4) is 0 Å². The second kappa shape index (κ2) is 4.39. The normalized spacial score (nSPS) is 22.4. The molecule has 2 atom stereocenters. The Kier molecular flexibility index (Phi) is 2.72. The molecule has 0 spiro atoms. The fourth-order valence-corrected chi connectivity index (χ4v) is 3.40. The number of benzene rings is 2. The van der Waals surface area contributed by atoms with E-state index in [2.05, 4.69) is 0 Å². The maximum Gasteiger partial charge on any atom is 0.258 e. The predicted octanol–water partition coefficient (Wildman–Crippen LogP) is 4.60. The van der Waals surface area contributed by atoms with Gasteiger partial charge < -0.3 is 4.74 Å². The third kappa shape index (κ3) is 1.78. The Balaban J connectivity index is 1.88. The first-order valence-electron chi connectivity index (χ1n) is 6.64. The second-order valence-corrected chi connectivity index (χ2v) is 6.15. The summed E-state index contributed by atoms with van der Waals surface area (Å²) in [7, 11) is 0. The maximum atomic E-state index is 12.6. The summed E-state index contributed by atoms with van der Waals surface area (Å²) >= 11 is 12.1. The SMILES string of the molecule is C[C@@H]1c2cc(Cl)ccc2O[C@@H]2c3ccc(Cl)cc3C(=O)N12. The van der Waals surface area contributed by atoms with Crippen molar-refractivity contribution in [2.45, 2.75) is 19.2 Å². The van der Waals surface area contributed by atoms with E-state index in [9.17, 15) is 4.79 Å². The molecule has 0 aliphatic carbocycles. The Bertz CT molecular complexity index is 775. The highest BCUT2D eigenvalue weighted by Crippen LogP contribution is 2.48. The zero-order valence-electron chi connectivity index (χ0n) is 11.1. The zero-order chi connectivity index (χ0) is 14.7. The van der Waals surface area contributed by atoms with Gasteiger partial charge in [0, 0.05) is 21.2 Å². The van der Waals surface area contributed by atoms with Gasteiger partial charge >= 0.3 is 0 Å². The lowest BCUT2D eigenvalue weighted by atomic mass is 10.0. The highest BCUT2D eigenvalue weighted by molar-refractivity contribution is 6.31. The Morgan fingerprint density at radius 3 is 2.57 bits per heavy atom. The number of amides is 1. The molecule has 21 heavy (non-hydrogen) atoms. The first-order chi connectivity index (χ1) is 10.1. The minimum Gasteiger partial charge on any atom is -0.466 e.